The van der Waals surface area contributed by atoms with Gasteiger partial charge in [-0.2, -0.15) is 5.57 Å². The molecule has 0 saturated carbocycles. The second-order valence-corrected chi connectivity index (χ2v) is 6.76. The zero-order chi connectivity index (χ0) is 19.9. The summed E-state index contributed by atoms with van der Waals surface area (Å²) in [5, 5.41) is 0. The zero-order valence-corrected chi connectivity index (χ0v) is 16.3. The molecule has 29 heavy (non-hydrogen) atoms. The number of hydrogen-bond acceptors (Lipinski definition) is 1. The largest absolute Gasteiger partial charge is 0.456 e. The van der Waals surface area contributed by atoms with Gasteiger partial charge in [0.2, 0.25) is 13.4 Å². The molecule has 1 aliphatic heterocycles. The molecular formula is C27H22O2. The van der Waals surface area contributed by atoms with E-state index in [4.69, 9.17) is 9.16 Å². The van der Waals surface area contributed by atoms with E-state index in [2.05, 4.69) is 73.1 Å². The zero-order valence-electron chi connectivity index (χ0n) is 16.3. The van der Waals surface area contributed by atoms with E-state index in [0.29, 0.717) is 0 Å². The summed E-state index contributed by atoms with van der Waals surface area (Å²) in [6.45, 7) is 0. The van der Waals surface area contributed by atoms with Gasteiger partial charge >= 0.3 is 0 Å². The summed E-state index contributed by atoms with van der Waals surface area (Å²) >= 11 is 0. The molecule has 0 saturated heterocycles. The third kappa shape index (κ3) is 4.61. The summed E-state index contributed by atoms with van der Waals surface area (Å²) in [4.78, 5) is 0. The van der Waals surface area contributed by atoms with Gasteiger partial charge < -0.3 is 9.16 Å². The first-order valence-electron chi connectivity index (χ1n) is 9.61. The van der Waals surface area contributed by atoms with Crippen LogP contribution in [0.2, 0.25) is 0 Å². The van der Waals surface area contributed by atoms with Crippen LogP contribution in [0.3, 0.4) is 0 Å². The summed E-state index contributed by atoms with van der Waals surface area (Å²) < 4.78 is 11.3. The molecule has 0 atom stereocenters. The van der Waals surface area contributed by atoms with E-state index in [1.165, 1.54) is 0 Å². The Morgan fingerprint density at radius 1 is 0.862 bits per heavy atom. The van der Waals surface area contributed by atoms with E-state index < -0.39 is 0 Å². The van der Waals surface area contributed by atoms with Crippen LogP contribution in [-0.2, 0) is 9.16 Å². The summed E-state index contributed by atoms with van der Waals surface area (Å²) in [7, 11) is 1.61. The lowest BCUT2D eigenvalue weighted by molar-refractivity contribution is 0.186. The van der Waals surface area contributed by atoms with Crippen LogP contribution in [0.15, 0.2) is 120 Å². The molecule has 1 heterocycles. The maximum atomic E-state index is 6.27. The molecule has 2 aliphatic rings. The van der Waals surface area contributed by atoms with Gasteiger partial charge in [-0.1, -0.05) is 85.0 Å². The predicted octanol–water partition coefficient (Wildman–Crippen LogP) is 5.97. The Morgan fingerprint density at radius 2 is 1.41 bits per heavy atom. The van der Waals surface area contributed by atoms with Gasteiger partial charge in [-0.05, 0) is 23.6 Å². The van der Waals surface area contributed by atoms with Crippen LogP contribution in [0.4, 0.5) is 0 Å². The molecule has 1 aliphatic carbocycles. The second kappa shape index (κ2) is 9.03. The van der Waals surface area contributed by atoms with Crippen LogP contribution < -0.4 is 0 Å². The average molecular weight is 378 g/mol. The number of ether oxygens (including phenoxy) is 1. The molecule has 2 aromatic rings. The summed E-state index contributed by atoms with van der Waals surface area (Å²) in [6.07, 6.45) is 19.5. The lowest BCUT2D eigenvalue weighted by atomic mass is 9.96. The Morgan fingerprint density at radius 3 is 1.93 bits per heavy atom. The van der Waals surface area contributed by atoms with E-state index in [1.54, 1.807) is 7.11 Å². The van der Waals surface area contributed by atoms with Crippen molar-refractivity contribution in [3.8, 4) is 0 Å². The monoisotopic (exact) mass is 378 g/mol. The Bertz CT molecular complexity index is 993. The van der Waals surface area contributed by atoms with Gasteiger partial charge in [0, 0.05) is 11.1 Å². The molecule has 0 aromatic heterocycles. The molecule has 0 unspecified atom stereocenters. The normalized spacial score (nSPS) is 16.7. The Balaban J connectivity index is 1.78. The van der Waals surface area contributed by atoms with Gasteiger partial charge in [-0.3, -0.25) is 0 Å². The van der Waals surface area contributed by atoms with Crippen molar-refractivity contribution in [2.24, 2.45) is 5.92 Å². The van der Waals surface area contributed by atoms with Crippen molar-refractivity contribution in [3.63, 3.8) is 0 Å². The highest BCUT2D eigenvalue weighted by atomic mass is 16.5. The first kappa shape index (κ1) is 18.7. The van der Waals surface area contributed by atoms with Crippen molar-refractivity contribution in [1.82, 2.24) is 0 Å². The number of carbonyl (C=O) groups excluding carboxylic acids is 1. The molecule has 0 spiro atoms. The van der Waals surface area contributed by atoms with Crippen LogP contribution in [0.5, 0.6) is 0 Å². The standard InChI is InChI=1S/C27H22O2/c1-28-17-16-25(22-10-8-9-11-22)18-21-19-26(23-12-4-2-5-13-23)29-27(20-21)24-14-6-3-7-15-24/h2-16,18-20,22H,1H3/b25-16-. The van der Waals surface area contributed by atoms with Crippen molar-refractivity contribution >= 4 is 17.8 Å². The number of hydrogen-bond donors (Lipinski definition) is 0. The molecule has 0 N–H and O–H groups in total. The molecule has 142 valence electrons. The third-order valence-corrected chi connectivity index (χ3v) is 4.74. The van der Waals surface area contributed by atoms with Crippen LogP contribution in [0, 0.1) is 5.92 Å². The maximum absolute atomic E-state index is 6.27. The molecule has 4 rings (SSSR count). The fourth-order valence-electron chi connectivity index (χ4n) is 3.30. The highest BCUT2D eigenvalue weighted by molar-refractivity contribution is 5.78. The SMILES string of the molecule is C[O+]=[C-]/C=C(/C=C1C=C(c2ccccc2)OC(c2ccccc2)=C1)C1C=CC=C1. The first-order chi connectivity index (χ1) is 14.3. The second-order valence-electron chi connectivity index (χ2n) is 6.76. The Hall–Kier alpha value is -3.65. The minimum atomic E-state index is 0.204. The highest BCUT2D eigenvalue weighted by Crippen LogP contribution is 2.33. The van der Waals surface area contributed by atoms with Gasteiger partial charge in [0.05, 0.1) is 0 Å². The van der Waals surface area contributed by atoms with Gasteiger partial charge in [-0.15, -0.1) is 12.2 Å². The van der Waals surface area contributed by atoms with Gasteiger partial charge in [-0.25, -0.2) is 0 Å². The van der Waals surface area contributed by atoms with Crippen molar-refractivity contribution in [2.45, 2.75) is 0 Å². The number of rotatable bonds is 5. The number of benzene rings is 2. The predicted molar refractivity (Wildman–Crippen MR) is 119 cm³/mol. The summed E-state index contributed by atoms with van der Waals surface area (Å²) in [5.74, 6) is 1.86. The lowest BCUT2D eigenvalue weighted by Gasteiger charge is -2.21. The fraction of sp³-hybridized carbons (Fsp3) is 0.0741. The molecule has 0 fully saturated rings. The van der Waals surface area contributed by atoms with Gasteiger partial charge in [0.15, 0.2) is 0 Å². The lowest BCUT2D eigenvalue weighted by Crippen LogP contribution is -2.01. The summed E-state index contributed by atoms with van der Waals surface area (Å²) in [5.41, 5.74) is 4.25. The number of allylic oxidation sites excluding steroid dienone is 10. The van der Waals surface area contributed by atoms with Gasteiger partial charge in [0.25, 0.3) is 0 Å². The first-order valence-corrected chi connectivity index (χ1v) is 9.61. The van der Waals surface area contributed by atoms with Crippen molar-refractivity contribution < 1.29 is 9.16 Å². The Kier molecular flexibility index (Phi) is 5.82. The average Bonchev–Trinajstić information content (AvgIpc) is 3.32. The van der Waals surface area contributed by atoms with E-state index in [0.717, 1.165) is 33.8 Å². The fourth-order valence-corrected chi connectivity index (χ4v) is 3.30. The molecule has 0 bridgehead atoms. The quantitative estimate of drug-likeness (QED) is 0.357. The van der Waals surface area contributed by atoms with E-state index in [9.17, 15) is 0 Å². The van der Waals surface area contributed by atoms with Crippen LogP contribution in [0.25, 0.3) is 11.5 Å². The molecular weight excluding hydrogens is 356 g/mol. The van der Waals surface area contributed by atoms with Crippen LogP contribution in [-0.4, -0.2) is 13.4 Å². The van der Waals surface area contributed by atoms with Crippen molar-refractivity contribution in [3.05, 3.63) is 132 Å². The molecule has 0 amide bonds. The smallest absolute Gasteiger partial charge is 0.229 e. The van der Waals surface area contributed by atoms with Crippen LogP contribution in [0.1, 0.15) is 11.1 Å². The molecule has 2 heteroatoms. The van der Waals surface area contributed by atoms with Crippen molar-refractivity contribution in [2.75, 3.05) is 7.11 Å². The Labute approximate surface area is 171 Å². The molecule has 0 radical (unpaired) electrons. The summed E-state index contributed by atoms with van der Waals surface area (Å²) in [6, 6.07) is 20.3. The van der Waals surface area contributed by atoms with Gasteiger partial charge in [0.1, 0.15) is 11.5 Å². The van der Waals surface area contributed by atoms with E-state index >= 15 is 0 Å². The minimum absolute atomic E-state index is 0.204. The van der Waals surface area contributed by atoms with Crippen molar-refractivity contribution in [1.29, 1.82) is 0 Å². The van der Waals surface area contributed by atoms with E-state index in [-0.39, 0.29) is 5.92 Å². The minimum Gasteiger partial charge on any atom is -0.456 e. The van der Waals surface area contributed by atoms with E-state index in [1.807, 2.05) is 42.5 Å². The highest BCUT2D eigenvalue weighted by Gasteiger charge is 2.15. The maximum Gasteiger partial charge on any atom is 0.229 e. The topological polar surface area (TPSA) is 20.5 Å². The third-order valence-electron chi connectivity index (χ3n) is 4.74. The van der Waals surface area contributed by atoms with Crippen LogP contribution >= 0.6 is 0 Å². The molecule has 2 nitrogen and oxygen atoms in total. The molecule has 2 aromatic carbocycles.